The molecule has 1 saturated heterocycles. The Kier molecular flexibility index (Phi) is 8.19. The highest BCUT2D eigenvalue weighted by molar-refractivity contribution is 6.31. The van der Waals surface area contributed by atoms with Crippen molar-refractivity contribution in [2.45, 2.75) is 39.8 Å². The summed E-state index contributed by atoms with van der Waals surface area (Å²) in [6, 6.07) is 0.239. The number of aromatic nitrogens is 3. The van der Waals surface area contributed by atoms with Crippen molar-refractivity contribution in [2.75, 3.05) is 30.3 Å². The van der Waals surface area contributed by atoms with Crippen LogP contribution < -0.4 is 21.6 Å². The monoisotopic (exact) mass is 631 g/mol. The van der Waals surface area contributed by atoms with Crippen LogP contribution in [-0.4, -0.2) is 57.1 Å². The number of nitrogens with two attached hydrogens (primary N) is 1. The lowest BCUT2D eigenvalue weighted by Crippen LogP contribution is -2.54. The van der Waals surface area contributed by atoms with Gasteiger partial charge in [0.25, 0.3) is 0 Å². The zero-order chi connectivity index (χ0) is 32.2. The fourth-order valence-electron chi connectivity index (χ4n) is 5.71. The molecule has 0 radical (unpaired) electrons. The molecule has 0 spiro atoms. The highest BCUT2D eigenvalue weighted by atomic mass is 35.5. The smallest absolute Gasteiger partial charge is 0.355 e. The third kappa shape index (κ3) is 4.98. The van der Waals surface area contributed by atoms with Crippen LogP contribution in [0.3, 0.4) is 0 Å². The molecule has 9 nitrogen and oxygen atoms in total. The van der Waals surface area contributed by atoms with Gasteiger partial charge in [0.2, 0.25) is 5.91 Å². The number of fused-ring (bicyclic) bond motifs is 1. The molecule has 5 rings (SSSR count). The van der Waals surface area contributed by atoms with Gasteiger partial charge in [-0.05, 0) is 49.8 Å². The number of anilines is 2. The molecule has 1 fully saturated rings. The van der Waals surface area contributed by atoms with Gasteiger partial charge < -0.3 is 20.9 Å². The number of allylic oxidation sites excluding steroid dienone is 2. The average molecular weight is 632 g/mol. The van der Waals surface area contributed by atoms with E-state index in [1.54, 1.807) is 29.0 Å². The molecule has 1 amide bonds. The summed E-state index contributed by atoms with van der Waals surface area (Å²) in [6.07, 6.45) is 4.69. The predicted molar refractivity (Wildman–Crippen MR) is 162 cm³/mol. The molecule has 14 heteroatoms. The van der Waals surface area contributed by atoms with Gasteiger partial charge in [-0.1, -0.05) is 32.0 Å². The first-order chi connectivity index (χ1) is 20.8. The molecule has 1 unspecified atom stereocenters. The van der Waals surface area contributed by atoms with Crippen LogP contribution in [0.4, 0.5) is 29.1 Å². The number of piperazine rings is 1. The van der Waals surface area contributed by atoms with Gasteiger partial charge in [0, 0.05) is 25.7 Å². The average Bonchev–Trinajstić information content (AvgIpc) is 2.99. The number of pyridine rings is 1. The first-order valence-corrected chi connectivity index (χ1v) is 14.2. The molecule has 0 aliphatic carbocycles. The van der Waals surface area contributed by atoms with Crippen molar-refractivity contribution >= 4 is 45.7 Å². The van der Waals surface area contributed by atoms with Gasteiger partial charge in [-0.2, -0.15) is 4.98 Å². The van der Waals surface area contributed by atoms with Gasteiger partial charge in [-0.15, -0.1) is 0 Å². The molecule has 0 saturated carbocycles. The molecule has 2 atom stereocenters. The molecule has 2 aromatic heterocycles. The van der Waals surface area contributed by atoms with Gasteiger partial charge in [0.15, 0.2) is 28.9 Å². The van der Waals surface area contributed by atoms with Gasteiger partial charge in [-0.25, -0.2) is 31.9 Å². The zero-order valence-corrected chi connectivity index (χ0v) is 25.1. The standard InChI is InChI=1S/C30H30ClF4N7O2/c1-6-18(43)40-9-10-41(15(5)12-40)28-16-11-17(32)26(19-21(33)20(31)22(34)23(35)24(19)36)38-29(16)42(30(44)39-28)27-14(4)7-8-37-25(27)13(2)3/h6-8,11,13,15,25,37H,1,9-10,12,36H2,2-5H3/t15-,25?/m0/s1. The Labute approximate surface area is 255 Å². The molecular formula is C30H30ClF4N7O2. The fraction of sp³-hybridized carbons (Fsp3) is 0.333. The summed E-state index contributed by atoms with van der Waals surface area (Å²) in [5.74, 6) is -6.24. The van der Waals surface area contributed by atoms with Crippen molar-refractivity contribution in [3.63, 3.8) is 0 Å². The number of hydrogen-bond donors (Lipinski definition) is 2. The van der Waals surface area contributed by atoms with Crippen molar-refractivity contribution in [1.82, 2.24) is 24.8 Å². The zero-order valence-electron chi connectivity index (χ0n) is 24.4. The van der Waals surface area contributed by atoms with E-state index in [0.717, 1.165) is 6.07 Å². The Morgan fingerprint density at radius 2 is 1.89 bits per heavy atom. The van der Waals surface area contributed by atoms with E-state index < -0.39 is 57.0 Å². The number of nitrogens with zero attached hydrogens (tertiary/aromatic N) is 5. The van der Waals surface area contributed by atoms with Crippen LogP contribution in [0, 0.1) is 29.2 Å². The van der Waals surface area contributed by atoms with Crippen molar-refractivity contribution in [1.29, 1.82) is 0 Å². The summed E-state index contributed by atoms with van der Waals surface area (Å²) in [6.45, 7) is 11.8. The van der Waals surface area contributed by atoms with E-state index in [1.165, 1.54) is 10.6 Å². The van der Waals surface area contributed by atoms with Crippen LogP contribution in [0.25, 0.3) is 28.0 Å². The fourth-order valence-corrected chi connectivity index (χ4v) is 5.89. The van der Waals surface area contributed by atoms with Crippen LogP contribution in [-0.2, 0) is 4.79 Å². The molecule has 2 aliphatic rings. The van der Waals surface area contributed by atoms with Crippen molar-refractivity contribution in [3.8, 4) is 11.3 Å². The number of amides is 1. The van der Waals surface area contributed by atoms with Crippen LogP contribution >= 0.6 is 11.6 Å². The first-order valence-electron chi connectivity index (χ1n) is 13.8. The maximum absolute atomic E-state index is 16.0. The number of benzene rings is 1. The number of nitrogens with one attached hydrogen (secondary N) is 1. The first kappa shape index (κ1) is 31.0. The lowest BCUT2D eigenvalue weighted by molar-refractivity contribution is -0.126. The minimum atomic E-state index is -1.72. The molecule has 1 aromatic carbocycles. The van der Waals surface area contributed by atoms with Crippen LogP contribution in [0.2, 0.25) is 5.02 Å². The minimum Gasteiger partial charge on any atom is -0.396 e. The summed E-state index contributed by atoms with van der Waals surface area (Å²) >= 11 is 5.69. The van der Waals surface area contributed by atoms with E-state index in [0.29, 0.717) is 11.3 Å². The van der Waals surface area contributed by atoms with E-state index in [1.807, 2.05) is 20.8 Å². The molecule has 232 valence electrons. The minimum absolute atomic E-state index is 0.0416. The molecule has 0 bridgehead atoms. The second kappa shape index (κ2) is 11.6. The topological polar surface area (TPSA) is 109 Å². The van der Waals surface area contributed by atoms with E-state index in [9.17, 15) is 18.4 Å². The SMILES string of the molecule is C=CC(=O)N1CCN(c2nc(=O)n(C3=C(C)C=CNC3C(C)C)c3nc(-c4c(N)c(F)c(F)c(Cl)c4F)c(F)cc23)[C@@H](C)C1. The Morgan fingerprint density at radius 3 is 2.52 bits per heavy atom. The van der Waals surface area contributed by atoms with Crippen LogP contribution in [0.5, 0.6) is 0 Å². The van der Waals surface area contributed by atoms with Gasteiger partial charge in [0.1, 0.15) is 16.5 Å². The summed E-state index contributed by atoms with van der Waals surface area (Å²) in [4.78, 5) is 38.3. The number of rotatable bonds is 5. The third-order valence-electron chi connectivity index (χ3n) is 7.94. The summed E-state index contributed by atoms with van der Waals surface area (Å²) in [5, 5.41) is 2.09. The quantitative estimate of drug-likeness (QED) is 0.136. The van der Waals surface area contributed by atoms with E-state index in [-0.39, 0.29) is 54.4 Å². The summed E-state index contributed by atoms with van der Waals surface area (Å²) in [7, 11) is 0. The normalized spacial score (nSPS) is 18.8. The Hall–Kier alpha value is -4.39. The van der Waals surface area contributed by atoms with Gasteiger partial charge in [0.05, 0.1) is 28.4 Å². The van der Waals surface area contributed by atoms with E-state index >= 15 is 8.78 Å². The molecule has 3 N–H and O–H groups in total. The van der Waals surface area contributed by atoms with Gasteiger partial charge in [-0.3, -0.25) is 4.79 Å². The number of nitrogen functional groups attached to an aromatic ring is 1. The second-order valence-electron chi connectivity index (χ2n) is 11.1. The van der Waals surface area contributed by atoms with Crippen LogP contribution in [0.1, 0.15) is 27.7 Å². The number of carbonyl (C=O) groups is 1. The molecule has 3 aromatic rings. The Balaban J connectivity index is 1.84. The highest BCUT2D eigenvalue weighted by Crippen LogP contribution is 2.40. The van der Waals surface area contributed by atoms with Gasteiger partial charge >= 0.3 is 5.69 Å². The Morgan fingerprint density at radius 1 is 1.18 bits per heavy atom. The lowest BCUT2D eigenvalue weighted by Gasteiger charge is -2.40. The van der Waals surface area contributed by atoms with Crippen molar-refractivity contribution < 1.29 is 22.4 Å². The van der Waals surface area contributed by atoms with E-state index in [4.69, 9.17) is 17.3 Å². The predicted octanol–water partition coefficient (Wildman–Crippen LogP) is 4.85. The van der Waals surface area contributed by atoms with Crippen molar-refractivity contribution in [3.05, 3.63) is 75.3 Å². The third-order valence-corrected chi connectivity index (χ3v) is 8.27. The highest BCUT2D eigenvalue weighted by Gasteiger charge is 2.33. The van der Waals surface area contributed by atoms with Crippen molar-refractivity contribution in [2.24, 2.45) is 5.92 Å². The largest absolute Gasteiger partial charge is 0.396 e. The lowest BCUT2D eigenvalue weighted by atomic mass is 9.95. The van der Waals surface area contributed by atoms with Crippen LogP contribution in [0.15, 0.2) is 41.4 Å². The van der Waals surface area contributed by atoms with E-state index in [2.05, 4.69) is 21.9 Å². The number of hydrogen-bond acceptors (Lipinski definition) is 7. The number of dihydropyridines is 1. The number of carbonyl (C=O) groups excluding carboxylic acids is 1. The Bertz CT molecular complexity index is 1810. The second-order valence-corrected chi connectivity index (χ2v) is 11.5. The maximum atomic E-state index is 16.0. The summed E-state index contributed by atoms with van der Waals surface area (Å²) in [5.41, 5.74) is 3.30. The molecular weight excluding hydrogens is 602 g/mol. The summed E-state index contributed by atoms with van der Waals surface area (Å²) < 4.78 is 61.3. The molecule has 4 heterocycles. The molecule has 2 aliphatic heterocycles. The number of halogens is 5. The maximum Gasteiger partial charge on any atom is 0.355 e. The molecule has 44 heavy (non-hydrogen) atoms.